The van der Waals surface area contributed by atoms with Crippen molar-refractivity contribution in [2.75, 3.05) is 13.2 Å². The second-order valence-electron chi connectivity index (χ2n) is 17.8. The molecule has 0 aromatic rings. The van der Waals surface area contributed by atoms with Crippen molar-refractivity contribution in [1.82, 2.24) is 0 Å². The van der Waals surface area contributed by atoms with Gasteiger partial charge >= 0.3 is 5.97 Å². The standard InChI is InChI=1S/C36H58O11/c1-31(2)11-13-36(30(45)47-29-26(42)25(41)24(40)20(16-37)46-29)14-12-34(5)18(23(36)28(31)44)7-8-22-32(3)15-19(39)27(43)33(4,17-38)21(32)9-10-35(22,34)6/h7,19-29,37-44H,8-17H2,1-6H3/t19-,20-,21-,22-,23-,24+,25-,26-,27+,28+,29+,32+,33-,34-,35-,36+/m1/s1. The summed E-state index contributed by atoms with van der Waals surface area (Å²) in [6.07, 6.45) is -3.62. The zero-order valence-corrected chi connectivity index (χ0v) is 28.8. The Balaban J connectivity index is 1.39. The van der Waals surface area contributed by atoms with Gasteiger partial charge in [0.1, 0.15) is 24.4 Å². The fourth-order valence-corrected chi connectivity index (χ4v) is 12.1. The summed E-state index contributed by atoms with van der Waals surface area (Å²) in [5, 5.41) is 85.9. The van der Waals surface area contributed by atoms with E-state index in [0.29, 0.717) is 38.5 Å². The van der Waals surface area contributed by atoms with Crippen LogP contribution in [0, 0.1) is 50.2 Å². The highest BCUT2D eigenvalue weighted by molar-refractivity contribution is 5.79. The molecule has 1 saturated heterocycles. The molecule has 0 radical (unpaired) electrons. The van der Waals surface area contributed by atoms with E-state index < -0.39 is 89.2 Å². The highest BCUT2D eigenvalue weighted by Gasteiger charge is 2.72. The van der Waals surface area contributed by atoms with Crippen molar-refractivity contribution in [2.45, 2.75) is 142 Å². The molecule has 5 aliphatic carbocycles. The van der Waals surface area contributed by atoms with Gasteiger partial charge in [0, 0.05) is 11.3 Å². The molecule has 1 aliphatic heterocycles. The molecule has 0 bridgehead atoms. The van der Waals surface area contributed by atoms with Crippen LogP contribution in [0.2, 0.25) is 0 Å². The van der Waals surface area contributed by atoms with Crippen LogP contribution in [0.5, 0.6) is 0 Å². The lowest BCUT2D eigenvalue weighted by atomic mass is 9.33. The lowest BCUT2D eigenvalue weighted by Gasteiger charge is -2.71. The molecule has 11 heteroatoms. The van der Waals surface area contributed by atoms with Crippen LogP contribution in [-0.2, 0) is 14.3 Å². The van der Waals surface area contributed by atoms with Gasteiger partial charge in [0.2, 0.25) is 6.29 Å². The Bertz CT molecular complexity index is 1270. The van der Waals surface area contributed by atoms with Crippen molar-refractivity contribution in [3.8, 4) is 0 Å². The average molecular weight is 667 g/mol. The van der Waals surface area contributed by atoms with E-state index in [0.717, 1.165) is 18.4 Å². The average Bonchev–Trinajstić information content (AvgIpc) is 3.02. The highest BCUT2D eigenvalue weighted by atomic mass is 16.7. The summed E-state index contributed by atoms with van der Waals surface area (Å²) in [7, 11) is 0. The topological polar surface area (TPSA) is 197 Å². The molecule has 268 valence electrons. The highest BCUT2D eigenvalue weighted by Crippen LogP contribution is 2.75. The van der Waals surface area contributed by atoms with Crippen LogP contribution in [0.3, 0.4) is 0 Å². The lowest BCUT2D eigenvalue weighted by Crippen LogP contribution is -2.69. The quantitative estimate of drug-likeness (QED) is 0.160. The van der Waals surface area contributed by atoms with E-state index in [1.165, 1.54) is 0 Å². The maximum absolute atomic E-state index is 14.4. The number of hydrogen-bond acceptors (Lipinski definition) is 11. The molecule has 0 unspecified atom stereocenters. The maximum atomic E-state index is 14.4. The minimum atomic E-state index is -1.72. The smallest absolute Gasteiger partial charge is 0.315 e. The van der Waals surface area contributed by atoms with Crippen molar-refractivity contribution >= 4 is 5.97 Å². The number of aliphatic hydroxyl groups is 8. The van der Waals surface area contributed by atoms with E-state index >= 15 is 0 Å². The minimum Gasteiger partial charge on any atom is -0.432 e. The van der Waals surface area contributed by atoms with E-state index in [9.17, 15) is 45.6 Å². The first-order valence-electron chi connectivity index (χ1n) is 17.7. The van der Waals surface area contributed by atoms with Crippen LogP contribution in [-0.4, -0.2) is 109 Å². The van der Waals surface area contributed by atoms with Crippen LogP contribution < -0.4 is 0 Å². The number of ether oxygens (including phenoxy) is 2. The largest absolute Gasteiger partial charge is 0.432 e. The van der Waals surface area contributed by atoms with Crippen molar-refractivity contribution < 1.29 is 55.1 Å². The molecule has 47 heavy (non-hydrogen) atoms. The molecule has 0 aromatic heterocycles. The second-order valence-corrected chi connectivity index (χ2v) is 17.8. The number of carbonyl (C=O) groups excluding carboxylic acids is 1. The fraction of sp³-hybridized carbons (Fsp3) is 0.917. The van der Waals surface area contributed by atoms with Crippen LogP contribution in [0.25, 0.3) is 0 Å². The van der Waals surface area contributed by atoms with E-state index in [1.807, 2.05) is 20.8 Å². The summed E-state index contributed by atoms with van der Waals surface area (Å²) in [6.45, 7) is 11.9. The minimum absolute atomic E-state index is 0.00502. The molecule has 0 aromatic carbocycles. The number of carbonyl (C=O) groups is 1. The van der Waals surface area contributed by atoms with Gasteiger partial charge in [-0.2, -0.15) is 0 Å². The number of fused-ring (bicyclic) bond motifs is 7. The molecule has 6 rings (SSSR count). The van der Waals surface area contributed by atoms with Gasteiger partial charge in [-0.25, -0.2) is 0 Å². The number of hydrogen-bond donors (Lipinski definition) is 8. The SMILES string of the molecule is CC1(C)CC[C@]2(C(=O)O[C@@H]3O[C@H](CO)[C@H](O)[C@@H](O)[C@H]3O)CC[C@]3(C)C(=CC[C@@H]4[C@@]5(C)C[C@@H](O)[C@H](O)[C@](C)(CO)[C@@H]5CC[C@]43C)[C@@H]2[C@@H]1O. The maximum Gasteiger partial charge on any atom is 0.315 e. The van der Waals surface area contributed by atoms with Crippen LogP contribution in [0.4, 0.5) is 0 Å². The molecule has 8 N–H and O–H groups in total. The predicted molar refractivity (Wildman–Crippen MR) is 169 cm³/mol. The summed E-state index contributed by atoms with van der Waals surface area (Å²) >= 11 is 0. The molecule has 11 nitrogen and oxygen atoms in total. The molecule has 0 spiro atoms. The zero-order chi connectivity index (χ0) is 34.7. The molecular weight excluding hydrogens is 608 g/mol. The van der Waals surface area contributed by atoms with Gasteiger partial charge in [0.05, 0.1) is 36.9 Å². The fourth-order valence-electron chi connectivity index (χ4n) is 12.1. The third kappa shape index (κ3) is 4.67. The molecular formula is C36H58O11. The number of rotatable bonds is 4. The lowest BCUT2D eigenvalue weighted by molar-refractivity contribution is -0.298. The van der Waals surface area contributed by atoms with Gasteiger partial charge in [-0.1, -0.05) is 53.2 Å². The molecule has 0 amide bonds. The Morgan fingerprint density at radius 2 is 1.51 bits per heavy atom. The molecule has 6 aliphatic rings. The second kappa shape index (κ2) is 11.4. The third-order valence-electron chi connectivity index (χ3n) is 15.4. The van der Waals surface area contributed by atoms with Crippen LogP contribution in [0.1, 0.15) is 92.9 Å². The molecule has 16 atom stereocenters. The van der Waals surface area contributed by atoms with Crippen molar-refractivity contribution in [3.05, 3.63) is 11.6 Å². The normalized spacial score (nSPS) is 55.4. The monoisotopic (exact) mass is 666 g/mol. The molecule has 1 heterocycles. The van der Waals surface area contributed by atoms with Gasteiger partial charge in [0.25, 0.3) is 0 Å². The van der Waals surface area contributed by atoms with E-state index in [1.54, 1.807) is 0 Å². The summed E-state index contributed by atoms with van der Waals surface area (Å²) in [4.78, 5) is 14.4. The predicted octanol–water partition coefficient (Wildman–Crippen LogP) is 1.41. The third-order valence-corrected chi connectivity index (χ3v) is 15.4. The number of allylic oxidation sites excluding steroid dienone is 1. The van der Waals surface area contributed by atoms with Crippen LogP contribution >= 0.6 is 0 Å². The van der Waals surface area contributed by atoms with Gasteiger partial charge in [-0.3, -0.25) is 4.79 Å². The van der Waals surface area contributed by atoms with E-state index in [-0.39, 0.29) is 29.3 Å². The zero-order valence-electron chi connectivity index (χ0n) is 28.8. The Labute approximate surface area is 278 Å². The summed E-state index contributed by atoms with van der Waals surface area (Å²) in [5.41, 5.74) is -2.46. The summed E-state index contributed by atoms with van der Waals surface area (Å²) < 4.78 is 11.4. The van der Waals surface area contributed by atoms with Crippen molar-refractivity contribution in [2.24, 2.45) is 50.2 Å². The summed E-state index contributed by atoms with van der Waals surface area (Å²) in [6, 6.07) is 0. The molecule has 5 fully saturated rings. The molecule has 4 saturated carbocycles. The van der Waals surface area contributed by atoms with Crippen molar-refractivity contribution in [1.29, 1.82) is 0 Å². The first-order chi connectivity index (χ1) is 21.8. The Kier molecular flexibility index (Phi) is 8.68. The van der Waals surface area contributed by atoms with Crippen molar-refractivity contribution in [3.63, 3.8) is 0 Å². The first-order valence-corrected chi connectivity index (χ1v) is 17.7. The van der Waals surface area contributed by atoms with E-state index in [4.69, 9.17) is 9.47 Å². The van der Waals surface area contributed by atoms with E-state index in [2.05, 4.69) is 26.8 Å². The summed E-state index contributed by atoms with van der Waals surface area (Å²) in [5.74, 6) is -1.08. The van der Waals surface area contributed by atoms with Gasteiger partial charge < -0.3 is 50.3 Å². The number of esters is 1. The van der Waals surface area contributed by atoms with Gasteiger partial charge in [-0.05, 0) is 84.9 Å². The Morgan fingerprint density at radius 1 is 0.851 bits per heavy atom. The Hall–Kier alpha value is -1.15. The van der Waals surface area contributed by atoms with Gasteiger partial charge in [-0.15, -0.1) is 0 Å². The van der Waals surface area contributed by atoms with Gasteiger partial charge in [0.15, 0.2) is 0 Å². The Morgan fingerprint density at radius 3 is 2.15 bits per heavy atom. The first kappa shape index (κ1) is 35.7. The number of aliphatic hydroxyl groups excluding tert-OH is 8. The van der Waals surface area contributed by atoms with Crippen LogP contribution in [0.15, 0.2) is 11.6 Å².